The van der Waals surface area contributed by atoms with Crippen LogP contribution < -0.4 is 5.32 Å². The summed E-state index contributed by atoms with van der Waals surface area (Å²) in [6.45, 7) is 21.3. The molecule has 0 aromatic heterocycles. The first kappa shape index (κ1) is 16.5. The molecule has 0 saturated carbocycles. The third kappa shape index (κ3) is 10.4. The Morgan fingerprint density at radius 3 is 2.00 bits per heavy atom. The number of hydrogen-bond acceptors (Lipinski definition) is 1. The van der Waals surface area contributed by atoms with E-state index in [4.69, 9.17) is 0 Å². The fraction of sp³-hybridized carbons (Fsp3) is 0.875. The summed E-state index contributed by atoms with van der Waals surface area (Å²) in [6, 6.07) is 0. The molecule has 0 atom stereocenters. The summed E-state index contributed by atoms with van der Waals surface area (Å²) >= 11 is 0. The SMILES string of the molecule is C=C(CC(C)(C)CCC(C)(C)C)NCC(C)C. The number of allylic oxidation sites excluding steroid dienone is 1. The smallest absolute Gasteiger partial charge is 0.0166 e. The fourth-order valence-corrected chi connectivity index (χ4v) is 1.79. The molecule has 0 spiro atoms. The van der Waals surface area contributed by atoms with Gasteiger partial charge in [0.25, 0.3) is 0 Å². The predicted molar refractivity (Wildman–Crippen MR) is 79.1 cm³/mol. The molecule has 0 aromatic rings. The van der Waals surface area contributed by atoms with Gasteiger partial charge in [-0.15, -0.1) is 0 Å². The van der Waals surface area contributed by atoms with Crippen LogP contribution >= 0.6 is 0 Å². The van der Waals surface area contributed by atoms with Gasteiger partial charge in [-0.25, -0.2) is 0 Å². The molecule has 0 radical (unpaired) electrons. The number of rotatable bonds is 7. The van der Waals surface area contributed by atoms with Crippen LogP contribution in [0.2, 0.25) is 0 Å². The lowest BCUT2D eigenvalue weighted by Crippen LogP contribution is -2.24. The second-order valence-corrected chi connectivity index (χ2v) is 7.78. The minimum absolute atomic E-state index is 0.355. The van der Waals surface area contributed by atoms with Crippen molar-refractivity contribution in [2.75, 3.05) is 6.54 Å². The lowest BCUT2D eigenvalue weighted by molar-refractivity contribution is 0.250. The highest BCUT2D eigenvalue weighted by molar-refractivity contribution is 4.96. The standard InChI is InChI=1S/C16H33N/c1-13(2)12-17-14(3)11-16(7,8)10-9-15(4,5)6/h13,17H,3,9-12H2,1-2,4-8H3. The molecule has 1 nitrogen and oxygen atoms in total. The molecule has 17 heavy (non-hydrogen) atoms. The van der Waals surface area contributed by atoms with Gasteiger partial charge in [0, 0.05) is 12.2 Å². The van der Waals surface area contributed by atoms with Crippen LogP contribution in [0.3, 0.4) is 0 Å². The molecule has 0 bridgehead atoms. The Bertz CT molecular complexity index is 230. The van der Waals surface area contributed by atoms with Gasteiger partial charge in [-0.3, -0.25) is 0 Å². The Balaban J connectivity index is 4.03. The number of nitrogens with one attached hydrogen (secondary N) is 1. The minimum Gasteiger partial charge on any atom is -0.389 e. The van der Waals surface area contributed by atoms with Crippen LogP contribution in [0.1, 0.15) is 67.7 Å². The topological polar surface area (TPSA) is 12.0 Å². The van der Waals surface area contributed by atoms with Crippen molar-refractivity contribution in [3.63, 3.8) is 0 Å². The number of hydrogen-bond donors (Lipinski definition) is 1. The van der Waals surface area contributed by atoms with Gasteiger partial charge in [0.15, 0.2) is 0 Å². The highest BCUT2D eigenvalue weighted by Crippen LogP contribution is 2.34. The van der Waals surface area contributed by atoms with E-state index in [-0.39, 0.29) is 0 Å². The largest absolute Gasteiger partial charge is 0.389 e. The zero-order valence-electron chi connectivity index (χ0n) is 13.1. The van der Waals surface area contributed by atoms with Crippen LogP contribution in [-0.4, -0.2) is 6.54 Å². The highest BCUT2D eigenvalue weighted by Gasteiger charge is 2.22. The van der Waals surface area contributed by atoms with Gasteiger partial charge >= 0.3 is 0 Å². The van der Waals surface area contributed by atoms with Crippen molar-refractivity contribution >= 4 is 0 Å². The van der Waals surface area contributed by atoms with Crippen molar-refractivity contribution in [3.8, 4) is 0 Å². The van der Waals surface area contributed by atoms with Gasteiger partial charge in [-0.05, 0) is 36.0 Å². The van der Waals surface area contributed by atoms with Crippen LogP contribution in [0, 0.1) is 16.7 Å². The maximum Gasteiger partial charge on any atom is 0.0166 e. The van der Waals surface area contributed by atoms with Crippen molar-refractivity contribution in [3.05, 3.63) is 12.3 Å². The lowest BCUT2D eigenvalue weighted by Gasteiger charge is -2.30. The van der Waals surface area contributed by atoms with E-state index in [0.717, 1.165) is 13.0 Å². The Labute approximate surface area is 109 Å². The average Bonchev–Trinajstić information content (AvgIpc) is 2.10. The van der Waals surface area contributed by atoms with Gasteiger partial charge in [-0.2, -0.15) is 0 Å². The third-order valence-electron chi connectivity index (χ3n) is 3.00. The zero-order chi connectivity index (χ0) is 13.7. The van der Waals surface area contributed by atoms with Crippen LogP contribution in [0.25, 0.3) is 0 Å². The second kappa shape index (κ2) is 6.47. The summed E-state index contributed by atoms with van der Waals surface area (Å²) in [5, 5.41) is 3.44. The second-order valence-electron chi connectivity index (χ2n) is 7.78. The predicted octanol–water partition coefficient (Wildman–Crippen LogP) is 4.99. The molecule has 1 heteroatoms. The van der Waals surface area contributed by atoms with E-state index in [2.05, 4.69) is 60.4 Å². The quantitative estimate of drug-likeness (QED) is 0.660. The van der Waals surface area contributed by atoms with Crippen molar-refractivity contribution in [1.29, 1.82) is 0 Å². The molecule has 0 aromatic carbocycles. The molecule has 0 saturated heterocycles. The Morgan fingerprint density at radius 1 is 1.06 bits per heavy atom. The van der Waals surface area contributed by atoms with Gasteiger partial charge in [-0.1, -0.05) is 55.0 Å². The fourth-order valence-electron chi connectivity index (χ4n) is 1.79. The minimum atomic E-state index is 0.355. The normalized spacial score (nSPS) is 12.9. The molecular weight excluding hydrogens is 206 g/mol. The van der Waals surface area contributed by atoms with Crippen molar-refractivity contribution in [2.24, 2.45) is 16.7 Å². The van der Waals surface area contributed by atoms with Crippen LogP contribution in [0.15, 0.2) is 12.3 Å². The van der Waals surface area contributed by atoms with Crippen LogP contribution in [-0.2, 0) is 0 Å². The molecule has 0 heterocycles. The first-order valence-electron chi connectivity index (χ1n) is 6.93. The van der Waals surface area contributed by atoms with Gasteiger partial charge in [0.1, 0.15) is 0 Å². The van der Waals surface area contributed by atoms with Crippen molar-refractivity contribution in [1.82, 2.24) is 5.32 Å². The summed E-state index contributed by atoms with van der Waals surface area (Å²) in [5.41, 5.74) is 1.98. The van der Waals surface area contributed by atoms with Gasteiger partial charge in [0.05, 0.1) is 0 Å². The summed E-state index contributed by atoms with van der Waals surface area (Å²) in [4.78, 5) is 0. The van der Waals surface area contributed by atoms with E-state index in [9.17, 15) is 0 Å². The zero-order valence-corrected chi connectivity index (χ0v) is 13.1. The van der Waals surface area contributed by atoms with Crippen molar-refractivity contribution in [2.45, 2.75) is 67.7 Å². The molecule has 0 unspecified atom stereocenters. The molecule has 0 fully saturated rings. The Kier molecular flexibility index (Phi) is 6.29. The molecule has 0 aliphatic heterocycles. The molecule has 102 valence electrons. The third-order valence-corrected chi connectivity index (χ3v) is 3.00. The Hall–Kier alpha value is -0.460. The molecule has 0 aliphatic rings. The molecule has 0 aliphatic carbocycles. The first-order valence-corrected chi connectivity index (χ1v) is 6.93. The van der Waals surface area contributed by atoms with Gasteiger partial charge < -0.3 is 5.32 Å². The lowest BCUT2D eigenvalue weighted by atomic mass is 9.77. The van der Waals surface area contributed by atoms with Crippen molar-refractivity contribution < 1.29 is 0 Å². The van der Waals surface area contributed by atoms with Crippen LogP contribution in [0.5, 0.6) is 0 Å². The first-order chi connectivity index (χ1) is 7.52. The van der Waals surface area contributed by atoms with E-state index < -0.39 is 0 Å². The Morgan fingerprint density at radius 2 is 1.59 bits per heavy atom. The highest BCUT2D eigenvalue weighted by atomic mass is 14.9. The molecule has 0 rings (SSSR count). The van der Waals surface area contributed by atoms with E-state index in [0.29, 0.717) is 16.7 Å². The van der Waals surface area contributed by atoms with Crippen LogP contribution in [0.4, 0.5) is 0 Å². The average molecular weight is 239 g/mol. The molecule has 0 amide bonds. The summed E-state index contributed by atoms with van der Waals surface area (Å²) < 4.78 is 0. The van der Waals surface area contributed by atoms with E-state index in [1.54, 1.807) is 0 Å². The summed E-state index contributed by atoms with van der Waals surface area (Å²) in [5.74, 6) is 0.685. The van der Waals surface area contributed by atoms with E-state index >= 15 is 0 Å². The maximum atomic E-state index is 4.15. The van der Waals surface area contributed by atoms with E-state index in [1.807, 2.05) is 0 Å². The monoisotopic (exact) mass is 239 g/mol. The molecule has 1 N–H and O–H groups in total. The maximum absolute atomic E-state index is 4.15. The summed E-state index contributed by atoms with van der Waals surface area (Å²) in [7, 11) is 0. The molecular formula is C16H33N. The van der Waals surface area contributed by atoms with E-state index in [1.165, 1.54) is 18.5 Å². The summed E-state index contributed by atoms with van der Waals surface area (Å²) in [6.07, 6.45) is 3.62. The van der Waals surface area contributed by atoms with Gasteiger partial charge in [0.2, 0.25) is 0 Å².